The summed E-state index contributed by atoms with van der Waals surface area (Å²) >= 11 is 1.76. The molecule has 0 atom stereocenters. The lowest BCUT2D eigenvalue weighted by atomic mass is 10.4. The van der Waals surface area contributed by atoms with Crippen LogP contribution in [0.4, 0.5) is 5.69 Å². The van der Waals surface area contributed by atoms with Gasteiger partial charge in [0.25, 0.3) is 0 Å². The fourth-order valence-electron chi connectivity index (χ4n) is 1.64. The molecular weight excluding hydrogens is 246 g/mol. The summed E-state index contributed by atoms with van der Waals surface area (Å²) in [6.07, 6.45) is 5.92. The fraction of sp³-hybridized carbons (Fsp3) is 0.462. The van der Waals surface area contributed by atoms with E-state index < -0.39 is 0 Å². The summed E-state index contributed by atoms with van der Waals surface area (Å²) in [7, 11) is 0. The van der Waals surface area contributed by atoms with Gasteiger partial charge in [0.1, 0.15) is 11.5 Å². The highest BCUT2D eigenvalue weighted by Gasteiger charge is 2.04. The largest absolute Gasteiger partial charge is 0.463 e. The van der Waals surface area contributed by atoms with Gasteiger partial charge in [0.05, 0.1) is 24.2 Å². The zero-order valence-corrected chi connectivity index (χ0v) is 11.8. The van der Waals surface area contributed by atoms with Crippen molar-refractivity contribution in [2.45, 2.75) is 32.2 Å². The standard InChI is InChI=1S/C13H19N3OS/c1-10(2)16-8-11(6-15-16)14-7-12-4-5-13(17-12)9-18-3/h4-6,8,10,14H,7,9H2,1-3H3. The van der Waals surface area contributed by atoms with Crippen LogP contribution in [-0.4, -0.2) is 16.0 Å². The Bertz CT molecular complexity index is 490. The van der Waals surface area contributed by atoms with Crippen LogP contribution in [0, 0.1) is 0 Å². The normalized spacial score (nSPS) is 11.1. The second kappa shape index (κ2) is 6.00. The van der Waals surface area contributed by atoms with Gasteiger partial charge in [0.2, 0.25) is 0 Å². The molecule has 0 aromatic carbocycles. The van der Waals surface area contributed by atoms with Gasteiger partial charge in [-0.2, -0.15) is 16.9 Å². The zero-order valence-electron chi connectivity index (χ0n) is 11.0. The van der Waals surface area contributed by atoms with E-state index in [0.717, 1.165) is 23.0 Å². The Morgan fingerprint density at radius 2 is 2.17 bits per heavy atom. The number of hydrogen-bond acceptors (Lipinski definition) is 4. The van der Waals surface area contributed by atoms with Crippen LogP contribution in [0.15, 0.2) is 28.9 Å². The Labute approximate surface area is 112 Å². The minimum absolute atomic E-state index is 0.386. The molecule has 0 unspecified atom stereocenters. The Morgan fingerprint density at radius 1 is 1.39 bits per heavy atom. The molecule has 0 aliphatic carbocycles. The molecule has 5 heteroatoms. The maximum Gasteiger partial charge on any atom is 0.123 e. The predicted octanol–water partition coefficient (Wildman–Crippen LogP) is 3.53. The Morgan fingerprint density at radius 3 is 2.83 bits per heavy atom. The molecule has 2 aromatic rings. The van der Waals surface area contributed by atoms with E-state index in [1.54, 1.807) is 11.8 Å². The second-order valence-electron chi connectivity index (χ2n) is 4.46. The molecule has 0 aliphatic rings. The first-order chi connectivity index (χ1) is 8.69. The highest BCUT2D eigenvalue weighted by molar-refractivity contribution is 7.97. The SMILES string of the molecule is CSCc1ccc(CNc2cnn(C(C)C)c2)o1. The molecule has 1 N–H and O–H groups in total. The van der Waals surface area contributed by atoms with E-state index in [0.29, 0.717) is 12.6 Å². The molecule has 0 saturated carbocycles. The molecule has 0 saturated heterocycles. The molecule has 0 aliphatic heterocycles. The lowest BCUT2D eigenvalue weighted by Crippen LogP contribution is -2.00. The first-order valence-corrected chi connectivity index (χ1v) is 7.43. The molecule has 2 rings (SSSR count). The van der Waals surface area contributed by atoms with Gasteiger partial charge >= 0.3 is 0 Å². The van der Waals surface area contributed by atoms with Crippen molar-refractivity contribution < 1.29 is 4.42 Å². The third kappa shape index (κ3) is 3.32. The maximum absolute atomic E-state index is 5.69. The van der Waals surface area contributed by atoms with E-state index in [1.807, 2.05) is 29.2 Å². The highest BCUT2D eigenvalue weighted by atomic mass is 32.2. The van der Waals surface area contributed by atoms with Gasteiger partial charge in [0.15, 0.2) is 0 Å². The van der Waals surface area contributed by atoms with Gasteiger partial charge in [-0.1, -0.05) is 0 Å². The fourth-order valence-corrected chi connectivity index (χ4v) is 2.08. The Kier molecular flexibility index (Phi) is 4.36. The zero-order chi connectivity index (χ0) is 13.0. The lowest BCUT2D eigenvalue weighted by molar-refractivity contribution is 0.487. The average Bonchev–Trinajstić information content (AvgIpc) is 2.95. The van der Waals surface area contributed by atoms with Crippen molar-refractivity contribution >= 4 is 17.4 Å². The van der Waals surface area contributed by atoms with Crippen LogP contribution >= 0.6 is 11.8 Å². The van der Waals surface area contributed by atoms with Crippen molar-refractivity contribution in [3.8, 4) is 0 Å². The molecule has 2 heterocycles. The highest BCUT2D eigenvalue weighted by Crippen LogP contribution is 2.15. The van der Waals surface area contributed by atoms with Crippen LogP contribution in [-0.2, 0) is 12.3 Å². The summed E-state index contributed by atoms with van der Waals surface area (Å²) in [5.74, 6) is 2.90. The van der Waals surface area contributed by atoms with E-state index in [2.05, 4.69) is 30.5 Å². The van der Waals surface area contributed by atoms with Gasteiger partial charge in [0, 0.05) is 12.2 Å². The van der Waals surface area contributed by atoms with E-state index in [4.69, 9.17) is 4.42 Å². The molecular formula is C13H19N3OS. The summed E-state index contributed by atoms with van der Waals surface area (Å²) < 4.78 is 7.62. The van der Waals surface area contributed by atoms with E-state index >= 15 is 0 Å². The molecule has 0 amide bonds. The quantitative estimate of drug-likeness (QED) is 0.867. The third-order valence-corrected chi connectivity index (χ3v) is 3.17. The van der Waals surface area contributed by atoms with Gasteiger partial charge < -0.3 is 9.73 Å². The van der Waals surface area contributed by atoms with Crippen LogP contribution in [0.2, 0.25) is 0 Å². The lowest BCUT2D eigenvalue weighted by Gasteiger charge is -2.03. The summed E-state index contributed by atoms with van der Waals surface area (Å²) in [6, 6.07) is 4.44. The number of rotatable bonds is 6. The molecule has 0 fully saturated rings. The average molecular weight is 265 g/mol. The Hall–Kier alpha value is -1.36. The van der Waals surface area contributed by atoms with Gasteiger partial charge in [-0.3, -0.25) is 4.68 Å². The van der Waals surface area contributed by atoms with Crippen molar-refractivity contribution in [3.63, 3.8) is 0 Å². The predicted molar refractivity (Wildman–Crippen MR) is 75.9 cm³/mol. The van der Waals surface area contributed by atoms with Crippen molar-refractivity contribution in [1.82, 2.24) is 9.78 Å². The number of aromatic nitrogens is 2. The van der Waals surface area contributed by atoms with Crippen LogP contribution in [0.1, 0.15) is 31.4 Å². The molecule has 0 spiro atoms. The number of furan rings is 1. The Balaban J connectivity index is 1.89. The molecule has 0 radical (unpaired) electrons. The molecule has 98 valence electrons. The first kappa shape index (κ1) is 13.1. The molecule has 2 aromatic heterocycles. The smallest absolute Gasteiger partial charge is 0.123 e. The van der Waals surface area contributed by atoms with Gasteiger partial charge in [-0.25, -0.2) is 0 Å². The van der Waals surface area contributed by atoms with Crippen LogP contribution in [0.25, 0.3) is 0 Å². The summed E-state index contributed by atoms with van der Waals surface area (Å²) in [5.41, 5.74) is 1.02. The first-order valence-electron chi connectivity index (χ1n) is 6.03. The third-order valence-electron chi connectivity index (χ3n) is 2.60. The van der Waals surface area contributed by atoms with E-state index in [-0.39, 0.29) is 0 Å². The summed E-state index contributed by atoms with van der Waals surface area (Å²) in [4.78, 5) is 0. The van der Waals surface area contributed by atoms with E-state index in [9.17, 15) is 0 Å². The minimum Gasteiger partial charge on any atom is -0.463 e. The van der Waals surface area contributed by atoms with Gasteiger partial charge in [-0.05, 0) is 32.2 Å². The van der Waals surface area contributed by atoms with Crippen molar-refractivity contribution in [1.29, 1.82) is 0 Å². The monoisotopic (exact) mass is 265 g/mol. The topological polar surface area (TPSA) is 43.0 Å². The van der Waals surface area contributed by atoms with Crippen molar-refractivity contribution in [3.05, 3.63) is 36.0 Å². The number of anilines is 1. The van der Waals surface area contributed by atoms with Crippen LogP contribution < -0.4 is 5.32 Å². The van der Waals surface area contributed by atoms with Crippen LogP contribution in [0.5, 0.6) is 0 Å². The summed E-state index contributed by atoms with van der Waals surface area (Å²) in [6.45, 7) is 4.91. The number of thioether (sulfide) groups is 1. The molecule has 4 nitrogen and oxygen atoms in total. The second-order valence-corrected chi connectivity index (χ2v) is 5.32. The van der Waals surface area contributed by atoms with Crippen molar-refractivity contribution in [2.75, 3.05) is 11.6 Å². The van der Waals surface area contributed by atoms with Crippen LogP contribution in [0.3, 0.4) is 0 Å². The molecule has 0 bridgehead atoms. The van der Waals surface area contributed by atoms with Crippen molar-refractivity contribution in [2.24, 2.45) is 0 Å². The van der Waals surface area contributed by atoms with E-state index in [1.165, 1.54) is 0 Å². The number of nitrogens with one attached hydrogen (secondary N) is 1. The molecule has 18 heavy (non-hydrogen) atoms. The number of nitrogens with zero attached hydrogens (tertiary/aromatic N) is 2. The summed E-state index contributed by atoms with van der Waals surface area (Å²) in [5, 5.41) is 7.59. The minimum atomic E-state index is 0.386. The van der Waals surface area contributed by atoms with Gasteiger partial charge in [-0.15, -0.1) is 0 Å². The number of hydrogen-bond donors (Lipinski definition) is 1. The maximum atomic E-state index is 5.69.